The summed E-state index contributed by atoms with van der Waals surface area (Å²) in [5.74, 6) is -1.33. The van der Waals surface area contributed by atoms with E-state index in [1.54, 1.807) is 19.1 Å². The number of rotatable bonds is 5. The molecule has 0 aliphatic rings. The second kappa shape index (κ2) is 7.04. The Morgan fingerprint density at radius 3 is 2.12 bits per heavy atom. The monoisotopic (exact) mass is 372 g/mol. The van der Waals surface area contributed by atoms with Crippen LogP contribution >= 0.6 is 18.2 Å². The summed E-state index contributed by atoms with van der Waals surface area (Å²) in [6.45, 7) is -2.89. The van der Waals surface area contributed by atoms with Crippen LogP contribution in [0.5, 0.6) is 17.2 Å². The summed E-state index contributed by atoms with van der Waals surface area (Å²) in [6.07, 6.45) is -1.29. The summed E-state index contributed by atoms with van der Waals surface area (Å²) in [5, 5.41) is 39.5. The molecule has 0 amide bonds. The van der Waals surface area contributed by atoms with Gasteiger partial charge in [-0.25, -0.2) is 4.57 Å². The summed E-state index contributed by atoms with van der Waals surface area (Å²) in [7, 11) is 0. The van der Waals surface area contributed by atoms with Crippen molar-refractivity contribution in [2.75, 3.05) is 0 Å². The molecule has 0 saturated carbocycles. The number of benzene rings is 2. The van der Waals surface area contributed by atoms with E-state index in [1.165, 1.54) is 12.1 Å². The van der Waals surface area contributed by atoms with Crippen molar-refractivity contribution in [2.24, 2.45) is 0 Å². The molecule has 0 spiro atoms. The van der Waals surface area contributed by atoms with Crippen molar-refractivity contribution in [3.8, 4) is 17.2 Å². The third-order valence-corrected chi connectivity index (χ3v) is 5.59. The molecule has 24 heavy (non-hydrogen) atoms. The highest BCUT2D eigenvalue weighted by atomic mass is 32.7. The minimum Gasteiger partial charge on any atom is -0.508 e. The van der Waals surface area contributed by atoms with E-state index in [4.69, 9.17) is 9.79 Å². The van der Waals surface area contributed by atoms with Gasteiger partial charge in [0.15, 0.2) is 0 Å². The Kier molecular flexibility index (Phi) is 5.47. The summed E-state index contributed by atoms with van der Waals surface area (Å²) >= 11 is 0.146. The van der Waals surface area contributed by atoms with Crippen molar-refractivity contribution in [1.29, 1.82) is 0 Å². The Balaban J connectivity index is 2.45. The maximum atomic E-state index is 11.3. The van der Waals surface area contributed by atoms with E-state index >= 15 is 0 Å². The molecule has 2 aromatic rings. The van der Waals surface area contributed by atoms with Crippen molar-refractivity contribution in [1.82, 2.24) is 0 Å². The van der Waals surface area contributed by atoms with Gasteiger partial charge in [-0.05, 0) is 35.1 Å². The van der Waals surface area contributed by atoms with Crippen LogP contribution in [0.4, 0.5) is 0 Å². The van der Waals surface area contributed by atoms with Gasteiger partial charge in [-0.15, -0.1) is 0 Å². The quantitative estimate of drug-likeness (QED) is 0.441. The predicted molar refractivity (Wildman–Crippen MR) is 89.2 cm³/mol. The Labute approximate surface area is 142 Å². The molecular weight excluding hydrogens is 355 g/mol. The fourth-order valence-electron chi connectivity index (χ4n) is 2.31. The van der Waals surface area contributed by atoms with Crippen LogP contribution in [0, 0.1) is 0 Å². The molecule has 7 nitrogen and oxygen atoms in total. The molecule has 0 heterocycles. The minimum absolute atomic E-state index is 0.0608. The lowest BCUT2D eigenvalue weighted by Gasteiger charge is -2.23. The van der Waals surface area contributed by atoms with Gasteiger partial charge in [-0.3, -0.25) is 0 Å². The first-order chi connectivity index (χ1) is 11.1. The van der Waals surface area contributed by atoms with E-state index in [0.717, 1.165) is 12.1 Å². The van der Waals surface area contributed by atoms with Crippen LogP contribution in [0.25, 0.3) is 0 Å². The lowest BCUT2D eigenvalue weighted by Crippen LogP contribution is -2.09. The number of aromatic hydroxyl groups is 3. The standard InChI is InChI=1S/C15H17O7PS/c1-8(9-2-4-10(16)5-3-9)15(19)14-12(18)6-11(17)7-13(14)24-23(20,21)22/h2-8,15-19H,1H3,(H2,20,21,22). The summed E-state index contributed by atoms with van der Waals surface area (Å²) in [4.78, 5) is 18.2. The van der Waals surface area contributed by atoms with E-state index in [9.17, 15) is 25.0 Å². The molecule has 2 atom stereocenters. The van der Waals surface area contributed by atoms with Crippen LogP contribution in [0.2, 0.25) is 0 Å². The zero-order chi connectivity index (χ0) is 18.1. The van der Waals surface area contributed by atoms with Gasteiger partial charge in [0, 0.05) is 22.4 Å². The maximum Gasteiger partial charge on any atom is 0.388 e. The average Bonchev–Trinajstić information content (AvgIpc) is 2.44. The first kappa shape index (κ1) is 18.6. The van der Waals surface area contributed by atoms with E-state index in [-0.39, 0.29) is 33.3 Å². The lowest BCUT2D eigenvalue weighted by atomic mass is 9.90. The number of aliphatic hydroxyl groups excluding tert-OH is 1. The molecule has 0 fully saturated rings. The fourth-order valence-corrected chi connectivity index (χ4v) is 4.28. The predicted octanol–water partition coefficient (Wildman–Crippen LogP) is 2.83. The Bertz CT molecular complexity index is 772. The van der Waals surface area contributed by atoms with E-state index in [2.05, 4.69) is 0 Å². The summed E-state index contributed by atoms with van der Waals surface area (Å²) < 4.78 is 11.3. The fraction of sp³-hybridized carbons (Fsp3) is 0.200. The van der Waals surface area contributed by atoms with Gasteiger partial charge in [0.1, 0.15) is 17.2 Å². The van der Waals surface area contributed by atoms with Gasteiger partial charge < -0.3 is 30.2 Å². The normalized spacial score (nSPS) is 14.3. The first-order valence-electron chi connectivity index (χ1n) is 6.86. The van der Waals surface area contributed by atoms with E-state index in [1.807, 2.05) is 0 Å². The third-order valence-electron chi connectivity index (χ3n) is 3.51. The lowest BCUT2D eigenvalue weighted by molar-refractivity contribution is 0.145. The van der Waals surface area contributed by atoms with Gasteiger partial charge in [0.2, 0.25) is 0 Å². The molecule has 0 saturated heterocycles. The number of hydrogen-bond donors (Lipinski definition) is 6. The van der Waals surface area contributed by atoms with Gasteiger partial charge >= 0.3 is 6.80 Å². The van der Waals surface area contributed by atoms with Gasteiger partial charge in [0.25, 0.3) is 0 Å². The van der Waals surface area contributed by atoms with E-state index in [0.29, 0.717) is 5.56 Å². The second-order valence-corrected chi connectivity index (χ2v) is 8.86. The molecule has 0 aliphatic carbocycles. The number of aliphatic hydroxyl groups is 1. The van der Waals surface area contributed by atoms with Crippen LogP contribution in [-0.2, 0) is 4.57 Å². The molecule has 2 aromatic carbocycles. The van der Waals surface area contributed by atoms with Crippen LogP contribution in [0.15, 0.2) is 41.3 Å². The van der Waals surface area contributed by atoms with Crippen molar-refractivity contribution in [3.05, 3.63) is 47.5 Å². The van der Waals surface area contributed by atoms with E-state index < -0.39 is 24.6 Å². The highest BCUT2D eigenvalue weighted by molar-refractivity contribution is 8.54. The SMILES string of the molecule is CC(c1ccc(O)cc1)C(O)c1c(O)cc(O)cc1SP(=O)(O)O. The Morgan fingerprint density at radius 1 is 1.00 bits per heavy atom. The molecule has 130 valence electrons. The molecule has 0 radical (unpaired) electrons. The highest BCUT2D eigenvalue weighted by Gasteiger charge is 2.28. The smallest absolute Gasteiger partial charge is 0.388 e. The van der Waals surface area contributed by atoms with Crippen LogP contribution in [0.1, 0.15) is 30.1 Å². The van der Waals surface area contributed by atoms with Crippen LogP contribution < -0.4 is 0 Å². The van der Waals surface area contributed by atoms with Gasteiger partial charge in [0.05, 0.1) is 6.10 Å². The zero-order valence-electron chi connectivity index (χ0n) is 12.6. The van der Waals surface area contributed by atoms with Crippen molar-refractivity contribution < 1.29 is 34.8 Å². The molecule has 9 heteroatoms. The Hall–Kier alpha value is -1.70. The first-order valence-corrected chi connectivity index (χ1v) is 9.90. The third kappa shape index (κ3) is 4.43. The molecular formula is C15H17O7PS. The summed E-state index contributed by atoms with van der Waals surface area (Å²) in [6, 6.07) is 8.14. The highest BCUT2D eigenvalue weighted by Crippen LogP contribution is 2.58. The summed E-state index contributed by atoms with van der Waals surface area (Å²) in [5.41, 5.74) is 0.571. The minimum atomic E-state index is -4.55. The zero-order valence-corrected chi connectivity index (χ0v) is 14.3. The number of phenolic OH excluding ortho intramolecular Hbond substituents is 3. The molecule has 6 N–H and O–H groups in total. The molecule has 2 rings (SSSR count). The largest absolute Gasteiger partial charge is 0.508 e. The van der Waals surface area contributed by atoms with Crippen LogP contribution in [0.3, 0.4) is 0 Å². The van der Waals surface area contributed by atoms with Crippen molar-refractivity contribution in [2.45, 2.75) is 23.8 Å². The molecule has 0 aromatic heterocycles. The van der Waals surface area contributed by atoms with Crippen molar-refractivity contribution in [3.63, 3.8) is 0 Å². The molecule has 0 aliphatic heterocycles. The maximum absolute atomic E-state index is 11.3. The second-order valence-electron chi connectivity index (χ2n) is 5.28. The number of phenols is 3. The molecule has 0 bridgehead atoms. The van der Waals surface area contributed by atoms with Crippen LogP contribution in [-0.4, -0.2) is 30.2 Å². The number of hydrogen-bond acceptors (Lipinski definition) is 6. The average molecular weight is 372 g/mol. The van der Waals surface area contributed by atoms with Gasteiger partial charge in [-0.2, -0.15) is 0 Å². The Morgan fingerprint density at radius 2 is 1.58 bits per heavy atom. The molecule has 2 unspecified atom stereocenters. The van der Waals surface area contributed by atoms with Crippen molar-refractivity contribution >= 4 is 18.2 Å². The van der Waals surface area contributed by atoms with Gasteiger partial charge in [-0.1, -0.05) is 19.1 Å². The topological polar surface area (TPSA) is 138 Å².